The van der Waals surface area contributed by atoms with Gasteiger partial charge in [-0.1, -0.05) is 0 Å². The van der Waals surface area contributed by atoms with Gasteiger partial charge < -0.3 is 25.1 Å². The highest BCUT2D eigenvalue weighted by molar-refractivity contribution is 9.10. The van der Waals surface area contributed by atoms with E-state index >= 15 is 0 Å². The fourth-order valence-electron chi connectivity index (χ4n) is 2.18. The first-order chi connectivity index (χ1) is 11.9. The minimum absolute atomic E-state index is 0.0995. The van der Waals surface area contributed by atoms with Crippen LogP contribution in [0.5, 0.6) is 5.75 Å². The number of carbonyl (C=O) groups is 3. The van der Waals surface area contributed by atoms with E-state index in [1.807, 2.05) is 0 Å². The number of ether oxygens (including phenoxy) is 1. The molecular formula is C16H14BrN3O5. The van der Waals surface area contributed by atoms with Crippen LogP contribution in [0.15, 0.2) is 39.4 Å². The number of hydrogen-bond donors (Lipinski definition) is 3. The first-order valence-corrected chi connectivity index (χ1v) is 8.16. The summed E-state index contributed by atoms with van der Waals surface area (Å²) >= 11 is 3.10. The molecule has 0 radical (unpaired) electrons. The van der Waals surface area contributed by atoms with Gasteiger partial charge in [-0.2, -0.15) is 0 Å². The summed E-state index contributed by atoms with van der Waals surface area (Å²) in [6.07, 6.45) is -0.565. The van der Waals surface area contributed by atoms with Crippen LogP contribution in [0.4, 0.5) is 11.4 Å². The Hall–Kier alpha value is -2.81. The third-order valence-corrected chi connectivity index (χ3v) is 3.83. The Kier molecular flexibility index (Phi) is 4.75. The summed E-state index contributed by atoms with van der Waals surface area (Å²) in [6, 6.07) is 7.96. The molecule has 0 bridgehead atoms. The molecule has 2 heterocycles. The smallest absolute Gasteiger partial charge is 0.287 e. The monoisotopic (exact) mass is 407 g/mol. The Labute approximate surface area is 151 Å². The molecule has 0 saturated carbocycles. The Bertz CT molecular complexity index is 848. The highest BCUT2D eigenvalue weighted by Gasteiger charge is 2.23. The van der Waals surface area contributed by atoms with E-state index in [0.717, 1.165) is 0 Å². The number of amides is 3. The van der Waals surface area contributed by atoms with Crippen LogP contribution in [0.25, 0.3) is 0 Å². The number of halogens is 1. The van der Waals surface area contributed by atoms with Crippen molar-refractivity contribution in [3.8, 4) is 5.75 Å². The van der Waals surface area contributed by atoms with Crippen LogP contribution in [0.2, 0.25) is 0 Å². The van der Waals surface area contributed by atoms with Gasteiger partial charge in [0.2, 0.25) is 5.91 Å². The number of hydrogen-bond acceptors (Lipinski definition) is 5. The van der Waals surface area contributed by atoms with Crippen molar-refractivity contribution >= 4 is 45.0 Å². The fourth-order valence-corrected chi connectivity index (χ4v) is 2.48. The van der Waals surface area contributed by atoms with Gasteiger partial charge in [-0.15, -0.1) is 0 Å². The van der Waals surface area contributed by atoms with Crippen LogP contribution < -0.4 is 20.7 Å². The largest absolute Gasteiger partial charge is 0.479 e. The molecule has 25 heavy (non-hydrogen) atoms. The number of carbonyl (C=O) groups excluding carboxylic acids is 3. The molecule has 3 rings (SSSR count). The quantitative estimate of drug-likeness (QED) is 0.718. The molecule has 130 valence electrons. The van der Waals surface area contributed by atoms with Gasteiger partial charge in [0.05, 0.1) is 12.2 Å². The minimum atomic E-state index is -0.565. The molecule has 0 unspecified atom stereocenters. The van der Waals surface area contributed by atoms with E-state index in [2.05, 4.69) is 31.9 Å². The lowest BCUT2D eigenvalue weighted by Crippen LogP contribution is -2.34. The Balaban J connectivity index is 1.57. The number of furan rings is 1. The lowest BCUT2D eigenvalue weighted by molar-refractivity contribution is -0.122. The van der Waals surface area contributed by atoms with Crippen molar-refractivity contribution in [3.05, 3.63) is 40.8 Å². The molecule has 0 fully saturated rings. The zero-order chi connectivity index (χ0) is 18.0. The summed E-state index contributed by atoms with van der Waals surface area (Å²) in [5, 5.41) is 7.77. The fraction of sp³-hybridized carbons (Fsp3) is 0.188. The predicted octanol–water partition coefficient (Wildman–Crippen LogP) is 2.13. The second-order valence-electron chi connectivity index (χ2n) is 5.29. The van der Waals surface area contributed by atoms with Gasteiger partial charge in [0.15, 0.2) is 16.5 Å². The molecule has 1 aromatic carbocycles. The van der Waals surface area contributed by atoms with Gasteiger partial charge in [-0.3, -0.25) is 14.4 Å². The maximum atomic E-state index is 12.0. The lowest BCUT2D eigenvalue weighted by Gasteiger charge is -2.23. The highest BCUT2D eigenvalue weighted by Crippen LogP contribution is 2.32. The average molecular weight is 408 g/mol. The van der Waals surface area contributed by atoms with Crippen molar-refractivity contribution in [2.75, 3.05) is 17.2 Å². The van der Waals surface area contributed by atoms with Gasteiger partial charge in [0.1, 0.15) is 5.75 Å². The molecule has 2 aromatic rings. The minimum Gasteiger partial charge on any atom is -0.479 e. The number of rotatable bonds is 4. The van der Waals surface area contributed by atoms with Crippen molar-refractivity contribution in [1.29, 1.82) is 0 Å². The van der Waals surface area contributed by atoms with E-state index in [1.165, 1.54) is 6.07 Å². The average Bonchev–Trinajstić information content (AvgIpc) is 3.00. The van der Waals surface area contributed by atoms with Crippen molar-refractivity contribution in [1.82, 2.24) is 5.32 Å². The molecule has 1 aromatic heterocycles. The Morgan fingerprint density at radius 2 is 2.08 bits per heavy atom. The lowest BCUT2D eigenvalue weighted by atomic mass is 10.2. The zero-order valence-corrected chi connectivity index (χ0v) is 14.7. The Morgan fingerprint density at radius 1 is 1.28 bits per heavy atom. The van der Waals surface area contributed by atoms with Gasteiger partial charge in [-0.25, -0.2) is 0 Å². The topological polar surface area (TPSA) is 110 Å². The SMILES string of the molecule is C[C@H]1Oc2ccc(NC(=O)CNC(=O)c3ccc(Br)o3)cc2NC1=O. The predicted molar refractivity (Wildman–Crippen MR) is 92.5 cm³/mol. The summed E-state index contributed by atoms with van der Waals surface area (Å²) in [5.74, 6) is -0.548. The molecule has 0 saturated heterocycles. The molecule has 3 amide bonds. The van der Waals surface area contributed by atoms with E-state index in [1.54, 1.807) is 31.2 Å². The molecular weight excluding hydrogens is 394 g/mol. The molecule has 8 nitrogen and oxygen atoms in total. The number of fused-ring (bicyclic) bond motifs is 1. The molecule has 1 aliphatic heterocycles. The van der Waals surface area contributed by atoms with E-state index in [9.17, 15) is 14.4 Å². The van der Waals surface area contributed by atoms with Gasteiger partial charge >= 0.3 is 0 Å². The standard InChI is InChI=1S/C16H14BrN3O5/c1-8-15(22)20-10-6-9(2-3-11(10)24-8)19-14(21)7-18-16(23)12-4-5-13(17)25-12/h2-6,8H,7H2,1H3,(H,18,23)(H,19,21)(H,20,22)/t8-/m1/s1. The summed E-state index contributed by atoms with van der Waals surface area (Å²) in [6.45, 7) is 1.42. The zero-order valence-electron chi connectivity index (χ0n) is 13.1. The van der Waals surface area contributed by atoms with E-state index in [4.69, 9.17) is 9.15 Å². The van der Waals surface area contributed by atoms with Crippen LogP contribution in [-0.2, 0) is 9.59 Å². The summed E-state index contributed by atoms with van der Waals surface area (Å²) in [4.78, 5) is 35.4. The molecule has 3 N–H and O–H groups in total. The van der Waals surface area contributed by atoms with Gasteiger partial charge in [0.25, 0.3) is 11.8 Å². The summed E-state index contributed by atoms with van der Waals surface area (Å²) < 4.78 is 11.0. The summed E-state index contributed by atoms with van der Waals surface area (Å²) in [5.41, 5.74) is 0.947. The maximum Gasteiger partial charge on any atom is 0.287 e. The van der Waals surface area contributed by atoms with Crippen LogP contribution in [-0.4, -0.2) is 30.4 Å². The second-order valence-corrected chi connectivity index (χ2v) is 6.08. The normalized spacial score (nSPS) is 15.6. The van der Waals surface area contributed by atoms with Crippen LogP contribution in [0, 0.1) is 0 Å². The second kappa shape index (κ2) is 6.98. The van der Waals surface area contributed by atoms with Crippen LogP contribution in [0.1, 0.15) is 17.5 Å². The van der Waals surface area contributed by atoms with Gasteiger partial charge in [0, 0.05) is 5.69 Å². The van der Waals surface area contributed by atoms with E-state index < -0.39 is 17.9 Å². The Morgan fingerprint density at radius 3 is 2.80 bits per heavy atom. The third-order valence-electron chi connectivity index (χ3n) is 3.40. The molecule has 1 atom stereocenters. The van der Waals surface area contributed by atoms with Crippen molar-refractivity contribution in [2.24, 2.45) is 0 Å². The van der Waals surface area contributed by atoms with Crippen molar-refractivity contribution in [3.63, 3.8) is 0 Å². The van der Waals surface area contributed by atoms with Crippen molar-refractivity contribution < 1.29 is 23.5 Å². The van der Waals surface area contributed by atoms with Gasteiger partial charge in [-0.05, 0) is 53.2 Å². The van der Waals surface area contributed by atoms with E-state index in [0.29, 0.717) is 21.8 Å². The highest BCUT2D eigenvalue weighted by atomic mass is 79.9. The number of benzene rings is 1. The first-order valence-electron chi connectivity index (χ1n) is 7.37. The third kappa shape index (κ3) is 4.00. The molecule has 9 heteroatoms. The molecule has 0 aliphatic carbocycles. The number of nitrogens with one attached hydrogen (secondary N) is 3. The van der Waals surface area contributed by atoms with Crippen LogP contribution >= 0.6 is 15.9 Å². The van der Waals surface area contributed by atoms with Crippen molar-refractivity contribution in [2.45, 2.75) is 13.0 Å². The maximum absolute atomic E-state index is 12.0. The number of anilines is 2. The summed E-state index contributed by atoms with van der Waals surface area (Å²) in [7, 11) is 0. The van der Waals surface area contributed by atoms with E-state index in [-0.39, 0.29) is 18.2 Å². The molecule has 0 spiro atoms. The molecule has 1 aliphatic rings. The first kappa shape index (κ1) is 17.0. The van der Waals surface area contributed by atoms with Crippen LogP contribution in [0.3, 0.4) is 0 Å².